The topological polar surface area (TPSA) is 59.6 Å². The maximum absolute atomic E-state index is 11.0. The van der Waals surface area contributed by atoms with E-state index in [9.17, 15) is 4.79 Å². The van der Waals surface area contributed by atoms with Gasteiger partial charge < -0.3 is 9.47 Å². The molecule has 5 heteroatoms. The van der Waals surface area contributed by atoms with E-state index in [0.717, 1.165) is 30.8 Å². The van der Waals surface area contributed by atoms with Crippen LogP contribution >= 0.6 is 0 Å². The maximum Gasteiger partial charge on any atom is 0.421 e. The summed E-state index contributed by atoms with van der Waals surface area (Å²) < 4.78 is 10.3. The smallest absolute Gasteiger partial charge is 0.421 e. The molecule has 0 atom stereocenters. The molecule has 1 aromatic carbocycles. The van der Waals surface area contributed by atoms with Crippen molar-refractivity contribution in [1.29, 1.82) is 0 Å². The molecule has 0 aliphatic rings. The van der Waals surface area contributed by atoms with Crippen LogP contribution in [-0.4, -0.2) is 19.3 Å². The molecule has 0 heterocycles. The molecule has 0 fully saturated rings. The van der Waals surface area contributed by atoms with Gasteiger partial charge in [-0.25, -0.2) is 10.2 Å². The summed E-state index contributed by atoms with van der Waals surface area (Å²) in [6.07, 6.45) is 1.72. The van der Waals surface area contributed by atoms with Gasteiger partial charge in [0, 0.05) is 6.54 Å². The normalized spacial score (nSPS) is 10.0. The van der Waals surface area contributed by atoms with Gasteiger partial charge in [-0.3, -0.25) is 5.43 Å². The van der Waals surface area contributed by atoms with E-state index < -0.39 is 6.09 Å². The fourth-order valence-corrected chi connectivity index (χ4v) is 1.42. The van der Waals surface area contributed by atoms with Crippen LogP contribution in [0.5, 0.6) is 5.75 Å². The van der Waals surface area contributed by atoms with Crippen molar-refractivity contribution >= 4 is 6.09 Å². The highest BCUT2D eigenvalue weighted by atomic mass is 16.5. The molecule has 0 radical (unpaired) electrons. The predicted molar refractivity (Wildman–Crippen MR) is 73.8 cm³/mol. The average molecular weight is 266 g/mol. The molecule has 0 saturated heterocycles. The van der Waals surface area contributed by atoms with Gasteiger partial charge in [-0.15, -0.1) is 0 Å². The summed E-state index contributed by atoms with van der Waals surface area (Å²) in [6, 6.07) is 7.77. The summed E-state index contributed by atoms with van der Waals surface area (Å²) in [7, 11) is 0. The number of benzene rings is 1. The molecule has 0 aliphatic heterocycles. The van der Waals surface area contributed by atoms with E-state index >= 15 is 0 Å². The lowest BCUT2D eigenvalue weighted by Crippen LogP contribution is -2.37. The molecule has 2 N–H and O–H groups in total. The fraction of sp³-hybridized carbons (Fsp3) is 0.500. The second-order valence-electron chi connectivity index (χ2n) is 4.04. The third-order valence-electron chi connectivity index (χ3n) is 2.45. The minimum atomic E-state index is -0.470. The van der Waals surface area contributed by atoms with E-state index in [1.807, 2.05) is 24.3 Å². The van der Waals surface area contributed by atoms with Crippen LogP contribution in [0.3, 0.4) is 0 Å². The third kappa shape index (κ3) is 6.67. The van der Waals surface area contributed by atoms with Crippen LogP contribution in [0.15, 0.2) is 24.3 Å². The quantitative estimate of drug-likeness (QED) is 0.561. The van der Waals surface area contributed by atoms with Gasteiger partial charge in [-0.1, -0.05) is 25.5 Å². The average Bonchev–Trinajstić information content (AvgIpc) is 2.41. The number of hydrogen-bond donors (Lipinski definition) is 2. The number of hydrazine groups is 1. The van der Waals surface area contributed by atoms with E-state index in [2.05, 4.69) is 17.8 Å². The van der Waals surface area contributed by atoms with Gasteiger partial charge in [0.2, 0.25) is 0 Å². The number of carbonyl (C=O) groups excluding carboxylic acids is 1. The summed E-state index contributed by atoms with van der Waals surface area (Å²) in [4.78, 5) is 11.0. The molecule has 1 amide bonds. The van der Waals surface area contributed by atoms with Crippen molar-refractivity contribution in [2.24, 2.45) is 0 Å². The van der Waals surface area contributed by atoms with Crippen LogP contribution < -0.4 is 15.6 Å². The highest BCUT2D eigenvalue weighted by molar-refractivity contribution is 5.66. The molecule has 0 aliphatic carbocycles. The zero-order valence-corrected chi connectivity index (χ0v) is 11.6. The molecular weight excluding hydrogens is 244 g/mol. The number of ether oxygens (including phenoxy) is 2. The minimum Gasteiger partial charge on any atom is -0.494 e. The highest BCUT2D eigenvalue weighted by Crippen LogP contribution is 2.12. The van der Waals surface area contributed by atoms with Crippen LogP contribution in [-0.2, 0) is 11.3 Å². The summed E-state index contributed by atoms with van der Waals surface area (Å²) in [5.41, 5.74) is 6.29. The molecule has 0 saturated carbocycles. The van der Waals surface area contributed by atoms with Crippen molar-refractivity contribution in [1.82, 2.24) is 10.9 Å². The Morgan fingerprint density at radius 2 is 1.95 bits per heavy atom. The third-order valence-corrected chi connectivity index (χ3v) is 2.45. The van der Waals surface area contributed by atoms with Crippen LogP contribution in [0, 0.1) is 0 Å². The maximum atomic E-state index is 11.0. The SMILES string of the molecule is CCCCOc1ccc(CNNC(=O)OCC)cc1. The molecule has 5 nitrogen and oxygen atoms in total. The second-order valence-corrected chi connectivity index (χ2v) is 4.04. The Labute approximate surface area is 114 Å². The van der Waals surface area contributed by atoms with Gasteiger partial charge in [-0.2, -0.15) is 0 Å². The zero-order chi connectivity index (χ0) is 13.9. The molecular formula is C14H22N2O3. The van der Waals surface area contributed by atoms with Crippen molar-refractivity contribution in [2.75, 3.05) is 13.2 Å². The first-order valence-corrected chi connectivity index (χ1v) is 6.63. The Bertz CT molecular complexity index is 365. The lowest BCUT2D eigenvalue weighted by Gasteiger charge is -2.08. The van der Waals surface area contributed by atoms with Crippen LogP contribution in [0.25, 0.3) is 0 Å². The number of hydrogen-bond acceptors (Lipinski definition) is 4. The summed E-state index contributed by atoms with van der Waals surface area (Å²) >= 11 is 0. The van der Waals surface area contributed by atoms with E-state index in [1.165, 1.54) is 0 Å². The second kappa shape index (κ2) is 9.22. The monoisotopic (exact) mass is 266 g/mol. The predicted octanol–water partition coefficient (Wildman–Crippen LogP) is 2.62. The van der Waals surface area contributed by atoms with Crippen molar-refractivity contribution in [3.05, 3.63) is 29.8 Å². The van der Waals surface area contributed by atoms with Crippen LogP contribution in [0.2, 0.25) is 0 Å². The van der Waals surface area contributed by atoms with Gasteiger partial charge in [-0.05, 0) is 31.0 Å². The molecule has 0 unspecified atom stereocenters. The first kappa shape index (κ1) is 15.3. The number of nitrogens with one attached hydrogen (secondary N) is 2. The van der Waals surface area contributed by atoms with Gasteiger partial charge in [0.05, 0.1) is 13.2 Å². The fourth-order valence-electron chi connectivity index (χ4n) is 1.42. The van der Waals surface area contributed by atoms with Crippen molar-refractivity contribution in [3.63, 3.8) is 0 Å². The minimum absolute atomic E-state index is 0.358. The number of rotatable bonds is 8. The van der Waals surface area contributed by atoms with Crippen molar-refractivity contribution in [3.8, 4) is 5.75 Å². The molecule has 0 aromatic heterocycles. The standard InChI is InChI=1S/C14H22N2O3/c1-3-5-10-19-13-8-6-12(7-9-13)11-15-16-14(17)18-4-2/h6-9,15H,3-5,10-11H2,1-2H3,(H,16,17). The molecule has 1 rings (SSSR count). The Morgan fingerprint density at radius 1 is 1.21 bits per heavy atom. The molecule has 1 aromatic rings. The molecule has 19 heavy (non-hydrogen) atoms. The highest BCUT2D eigenvalue weighted by Gasteiger charge is 1.99. The van der Waals surface area contributed by atoms with Crippen molar-refractivity contribution in [2.45, 2.75) is 33.2 Å². The van der Waals surface area contributed by atoms with E-state index in [4.69, 9.17) is 9.47 Å². The number of unbranched alkanes of at least 4 members (excludes halogenated alkanes) is 1. The molecule has 0 spiro atoms. The number of carbonyl (C=O) groups is 1. The van der Waals surface area contributed by atoms with E-state index in [-0.39, 0.29) is 0 Å². The first-order valence-electron chi connectivity index (χ1n) is 6.63. The van der Waals surface area contributed by atoms with Gasteiger partial charge >= 0.3 is 6.09 Å². The largest absolute Gasteiger partial charge is 0.494 e. The van der Waals surface area contributed by atoms with Crippen LogP contribution in [0.4, 0.5) is 4.79 Å². The summed E-state index contributed by atoms with van der Waals surface area (Å²) in [5.74, 6) is 0.871. The lowest BCUT2D eigenvalue weighted by atomic mass is 10.2. The Balaban J connectivity index is 2.26. The van der Waals surface area contributed by atoms with Crippen LogP contribution in [0.1, 0.15) is 32.3 Å². The lowest BCUT2D eigenvalue weighted by molar-refractivity contribution is 0.147. The zero-order valence-electron chi connectivity index (χ0n) is 11.6. The Kier molecular flexibility index (Phi) is 7.43. The summed E-state index contributed by atoms with van der Waals surface area (Å²) in [6.45, 7) is 5.54. The molecule has 106 valence electrons. The van der Waals surface area contributed by atoms with Gasteiger partial charge in [0.25, 0.3) is 0 Å². The van der Waals surface area contributed by atoms with E-state index in [0.29, 0.717) is 13.2 Å². The number of amides is 1. The first-order chi connectivity index (χ1) is 9.26. The molecule has 0 bridgehead atoms. The summed E-state index contributed by atoms with van der Waals surface area (Å²) in [5, 5.41) is 0. The Morgan fingerprint density at radius 3 is 2.58 bits per heavy atom. The van der Waals surface area contributed by atoms with Crippen molar-refractivity contribution < 1.29 is 14.3 Å². The van der Waals surface area contributed by atoms with E-state index in [1.54, 1.807) is 6.92 Å². The van der Waals surface area contributed by atoms with Gasteiger partial charge in [0.1, 0.15) is 5.75 Å². The Hall–Kier alpha value is -1.75. The van der Waals surface area contributed by atoms with Gasteiger partial charge in [0.15, 0.2) is 0 Å².